The van der Waals surface area contributed by atoms with Crippen molar-refractivity contribution in [3.8, 4) is 0 Å². The Kier molecular flexibility index (Phi) is 5.87. The highest BCUT2D eigenvalue weighted by atomic mass is 32.3. The molecule has 0 heterocycles. The van der Waals surface area contributed by atoms with E-state index in [1.165, 1.54) is 0 Å². The molecule has 0 aromatic heterocycles. The van der Waals surface area contributed by atoms with E-state index in [1.54, 1.807) is 4.74 Å². The molecule has 0 rings (SSSR count). The predicted octanol–water partition coefficient (Wildman–Crippen LogP) is 3.12. The Balaban J connectivity index is 6.89. The first kappa shape index (κ1) is 23.8. The van der Waals surface area contributed by atoms with Gasteiger partial charge in [0, 0.05) is 0 Å². The van der Waals surface area contributed by atoms with Crippen molar-refractivity contribution in [3.05, 3.63) is 11.9 Å². The molecule has 0 aliphatic heterocycles. The molecule has 150 valence electrons. The van der Waals surface area contributed by atoms with Gasteiger partial charge in [-0.3, -0.25) is 4.74 Å². The molecule has 0 aromatic carbocycles. The number of halogens is 12. The van der Waals surface area contributed by atoms with Gasteiger partial charge in [-0.1, -0.05) is 7.77 Å². The van der Waals surface area contributed by atoms with Crippen LogP contribution in [0.4, 0.5) is 51.7 Å². The van der Waals surface area contributed by atoms with Gasteiger partial charge in [-0.2, -0.15) is 60.7 Å². The maximum Gasteiger partial charge on any atom is 0.439 e. The van der Waals surface area contributed by atoms with Crippen molar-refractivity contribution >= 4 is 20.4 Å². The lowest BCUT2D eigenvalue weighted by atomic mass is 10.3. The minimum Gasteiger partial charge on any atom is -0.264 e. The summed E-state index contributed by atoms with van der Waals surface area (Å²) >= 11 is 0. The largest absolute Gasteiger partial charge is 0.439 e. The summed E-state index contributed by atoms with van der Waals surface area (Å²) < 4.78 is 192. The van der Waals surface area contributed by atoms with Gasteiger partial charge in [0.25, 0.3) is 5.83 Å². The Bertz CT molecular complexity index is 720. The highest BCUT2D eigenvalue weighted by Crippen LogP contribution is 2.54. The lowest BCUT2D eigenvalue weighted by Gasteiger charge is -2.35. The number of hydrogen-bond acceptors (Lipinski definition) is 5. The molecular formula is C6F12O5S2. The Labute approximate surface area is 129 Å². The van der Waals surface area contributed by atoms with Crippen LogP contribution in [0.2, 0.25) is 0 Å². The fourth-order valence-electron chi connectivity index (χ4n) is 0.933. The molecule has 0 saturated heterocycles. The summed E-state index contributed by atoms with van der Waals surface area (Å²) in [6.45, 7) is 0. The summed E-state index contributed by atoms with van der Waals surface area (Å²) in [4.78, 5) is 0. The molecular weight excluding hydrogens is 444 g/mol. The quantitative estimate of drug-likeness (QED) is 0.446. The summed E-state index contributed by atoms with van der Waals surface area (Å²) in [5.41, 5.74) is 0. The number of alkyl halides is 7. The second kappa shape index (κ2) is 6.18. The van der Waals surface area contributed by atoms with Crippen molar-refractivity contribution in [1.82, 2.24) is 0 Å². The van der Waals surface area contributed by atoms with E-state index in [4.69, 9.17) is 0 Å². The molecule has 0 fully saturated rings. The average molecular weight is 444 g/mol. The SMILES string of the molecule is O=S(=O)(F)C(F)(F)C(F)(OC(F)(F)C(F)=C(F)F)C(F)(F)S(=O)(=O)F. The van der Waals surface area contributed by atoms with Crippen molar-refractivity contribution in [2.75, 3.05) is 0 Å². The van der Waals surface area contributed by atoms with E-state index in [2.05, 4.69) is 0 Å². The van der Waals surface area contributed by atoms with Gasteiger partial charge in [0.1, 0.15) is 0 Å². The van der Waals surface area contributed by atoms with E-state index >= 15 is 0 Å². The summed E-state index contributed by atoms with van der Waals surface area (Å²) in [5.74, 6) is -12.1. The molecule has 0 spiro atoms. The molecule has 25 heavy (non-hydrogen) atoms. The summed E-state index contributed by atoms with van der Waals surface area (Å²) in [6, 6.07) is 0. The number of rotatable bonds is 7. The standard InChI is InChI=1S/C6F12O5S2/c7-1(2(8)9)3(10,11)23-4(12,5(13,14)24(17,19)20)6(15,16)25(18,21)22. The maximum atomic E-state index is 13.6. The van der Waals surface area contributed by atoms with Crippen LogP contribution < -0.4 is 0 Å². The van der Waals surface area contributed by atoms with Crippen LogP contribution in [0.3, 0.4) is 0 Å². The number of ether oxygens (including phenoxy) is 1. The van der Waals surface area contributed by atoms with Crippen molar-refractivity contribution in [2.45, 2.75) is 22.5 Å². The van der Waals surface area contributed by atoms with Crippen molar-refractivity contribution in [1.29, 1.82) is 0 Å². The van der Waals surface area contributed by atoms with E-state index in [9.17, 15) is 68.5 Å². The van der Waals surface area contributed by atoms with E-state index in [0.717, 1.165) is 0 Å². The van der Waals surface area contributed by atoms with E-state index in [1.807, 2.05) is 0 Å². The molecule has 0 N–H and O–H groups in total. The molecule has 0 radical (unpaired) electrons. The predicted molar refractivity (Wildman–Crippen MR) is 50.2 cm³/mol. The van der Waals surface area contributed by atoms with Crippen LogP contribution in [-0.2, 0) is 25.2 Å². The van der Waals surface area contributed by atoms with Crippen molar-refractivity contribution < 1.29 is 73.2 Å². The van der Waals surface area contributed by atoms with Crippen LogP contribution in [0.15, 0.2) is 11.9 Å². The lowest BCUT2D eigenvalue weighted by molar-refractivity contribution is -0.396. The fraction of sp³-hybridized carbons (Fsp3) is 0.667. The van der Waals surface area contributed by atoms with Gasteiger partial charge in [-0.15, -0.1) is 0 Å². The summed E-state index contributed by atoms with van der Waals surface area (Å²) in [5, 5.41) is -15.3. The number of hydrogen-bond donors (Lipinski definition) is 0. The Morgan fingerprint density at radius 1 is 0.680 bits per heavy atom. The molecule has 0 aromatic rings. The van der Waals surface area contributed by atoms with Crippen LogP contribution in [0.5, 0.6) is 0 Å². The van der Waals surface area contributed by atoms with Crippen LogP contribution >= 0.6 is 0 Å². The molecule has 19 heteroatoms. The average Bonchev–Trinajstić information content (AvgIpc) is 2.33. The van der Waals surface area contributed by atoms with Gasteiger partial charge >= 0.3 is 49.0 Å². The molecule has 0 amide bonds. The molecule has 0 aliphatic carbocycles. The topological polar surface area (TPSA) is 77.5 Å². The Morgan fingerprint density at radius 2 is 0.960 bits per heavy atom. The first-order valence-corrected chi connectivity index (χ1v) is 7.45. The van der Waals surface area contributed by atoms with Gasteiger partial charge in [-0.25, -0.2) is 0 Å². The zero-order valence-electron chi connectivity index (χ0n) is 10.4. The third kappa shape index (κ3) is 3.81. The monoisotopic (exact) mass is 444 g/mol. The second-order valence-corrected chi connectivity index (χ2v) is 6.47. The zero-order valence-corrected chi connectivity index (χ0v) is 12.0. The van der Waals surface area contributed by atoms with Gasteiger partial charge in [0.15, 0.2) is 0 Å². The maximum absolute atomic E-state index is 13.6. The third-order valence-electron chi connectivity index (χ3n) is 2.05. The van der Waals surface area contributed by atoms with Crippen LogP contribution in [0.1, 0.15) is 0 Å². The lowest BCUT2D eigenvalue weighted by Crippen LogP contribution is -2.65. The third-order valence-corrected chi connectivity index (χ3v) is 3.80. The van der Waals surface area contributed by atoms with Gasteiger partial charge in [0.2, 0.25) is 0 Å². The van der Waals surface area contributed by atoms with Crippen LogP contribution in [0, 0.1) is 0 Å². The molecule has 5 nitrogen and oxygen atoms in total. The molecule has 0 aliphatic rings. The van der Waals surface area contributed by atoms with Crippen LogP contribution in [-0.4, -0.2) is 39.3 Å². The minimum absolute atomic E-state index is 1.58. The Morgan fingerprint density at radius 3 is 1.16 bits per heavy atom. The normalized spacial score (nSPS) is 15.2. The second-order valence-electron chi connectivity index (χ2n) is 3.70. The summed E-state index contributed by atoms with van der Waals surface area (Å²) in [7, 11) is -16.3. The first-order chi connectivity index (χ1) is 10.6. The molecule has 0 unspecified atom stereocenters. The minimum atomic E-state index is -8.13. The Hall–Kier alpha value is -1.24. The molecule has 0 bridgehead atoms. The van der Waals surface area contributed by atoms with E-state index in [0.29, 0.717) is 0 Å². The van der Waals surface area contributed by atoms with E-state index < -0.39 is 54.8 Å². The molecule has 0 atom stereocenters. The van der Waals surface area contributed by atoms with Gasteiger partial charge < -0.3 is 0 Å². The van der Waals surface area contributed by atoms with Gasteiger partial charge in [-0.05, 0) is 0 Å². The van der Waals surface area contributed by atoms with Crippen molar-refractivity contribution in [3.63, 3.8) is 0 Å². The smallest absolute Gasteiger partial charge is 0.264 e. The summed E-state index contributed by atoms with van der Waals surface area (Å²) in [6.07, 6.45) is -11.1. The van der Waals surface area contributed by atoms with Gasteiger partial charge in [0.05, 0.1) is 0 Å². The zero-order chi connectivity index (χ0) is 20.9. The van der Waals surface area contributed by atoms with Crippen LogP contribution in [0.25, 0.3) is 0 Å². The fourth-order valence-corrected chi connectivity index (χ4v) is 1.96. The van der Waals surface area contributed by atoms with E-state index in [-0.39, 0.29) is 0 Å². The molecule has 0 saturated carbocycles. The first-order valence-electron chi connectivity index (χ1n) is 4.68. The van der Waals surface area contributed by atoms with Crippen molar-refractivity contribution in [2.24, 2.45) is 0 Å². The highest BCUT2D eigenvalue weighted by Gasteiger charge is 2.85. The highest BCUT2D eigenvalue weighted by molar-refractivity contribution is 7.88.